The molecule has 0 unspecified atom stereocenters. The predicted octanol–water partition coefficient (Wildman–Crippen LogP) is 4.27. The number of rotatable bonds is 5. The van der Waals surface area contributed by atoms with Gasteiger partial charge in [-0.15, -0.1) is 0 Å². The minimum Gasteiger partial charge on any atom is -0.382 e. The van der Waals surface area contributed by atoms with E-state index in [4.69, 9.17) is 0 Å². The Labute approximate surface area is 140 Å². The first-order chi connectivity index (χ1) is 11.3. The van der Waals surface area contributed by atoms with E-state index in [1.54, 1.807) is 0 Å². The highest BCUT2D eigenvalue weighted by Crippen LogP contribution is 2.35. The Morgan fingerprint density at radius 3 is 1.65 bits per heavy atom. The largest absolute Gasteiger partial charge is 0.382 e. The molecule has 23 heavy (non-hydrogen) atoms. The fourth-order valence-electron chi connectivity index (χ4n) is 2.68. The summed E-state index contributed by atoms with van der Waals surface area (Å²) in [6.07, 6.45) is 0. The maximum absolute atomic E-state index is 3.61. The van der Waals surface area contributed by atoms with Crippen LogP contribution in [0.3, 0.4) is 0 Å². The zero-order chi connectivity index (χ0) is 16.1. The normalized spacial score (nSPS) is 11.0. The van der Waals surface area contributed by atoms with E-state index in [2.05, 4.69) is 104 Å². The molecular formula is C21H22NP. The summed E-state index contributed by atoms with van der Waals surface area (Å²) in [6, 6.07) is 30.8. The van der Waals surface area contributed by atoms with Gasteiger partial charge in [0.1, 0.15) is 0 Å². The van der Waals surface area contributed by atoms with Crippen molar-refractivity contribution in [1.82, 2.24) is 0 Å². The smallest absolute Gasteiger partial charge is 0.0426 e. The summed E-state index contributed by atoms with van der Waals surface area (Å²) in [5, 5.41) is 7.75. The minimum atomic E-state index is -0.560. The third-order valence-electron chi connectivity index (χ3n) is 3.62. The second-order valence-electron chi connectivity index (χ2n) is 5.82. The zero-order valence-corrected chi connectivity index (χ0v) is 14.5. The maximum atomic E-state index is 3.61. The lowest BCUT2D eigenvalue weighted by atomic mass is 10.3. The molecule has 0 heterocycles. The van der Waals surface area contributed by atoms with Crippen LogP contribution in [0.4, 0.5) is 5.69 Å². The number of hydrogen-bond donors (Lipinski definition) is 1. The highest BCUT2D eigenvalue weighted by molar-refractivity contribution is 7.80. The summed E-state index contributed by atoms with van der Waals surface area (Å²) < 4.78 is 0. The van der Waals surface area contributed by atoms with Gasteiger partial charge in [0.25, 0.3) is 0 Å². The molecule has 0 saturated heterocycles. The molecule has 0 aliphatic rings. The molecule has 0 radical (unpaired) electrons. The Kier molecular flexibility index (Phi) is 5.10. The van der Waals surface area contributed by atoms with E-state index in [1.165, 1.54) is 21.6 Å². The Balaban J connectivity index is 2.14. The first-order valence-corrected chi connectivity index (χ1v) is 9.35. The van der Waals surface area contributed by atoms with E-state index in [0.717, 1.165) is 0 Å². The van der Waals surface area contributed by atoms with E-state index >= 15 is 0 Å². The summed E-state index contributed by atoms with van der Waals surface area (Å²) in [7, 11) is -0.560. The molecule has 0 aromatic heterocycles. The molecule has 1 nitrogen and oxygen atoms in total. The number of nitrogens with one attached hydrogen (secondary N) is 1. The van der Waals surface area contributed by atoms with E-state index in [0.29, 0.717) is 6.04 Å². The second kappa shape index (κ2) is 7.44. The van der Waals surface area contributed by atoms with Crippen LogP contribution in [-0.2, 0) is 0 Å². The summed E-state index contributed by atoms with van der Waals surface area (Å²) in [4.78, 5) is 0. The molecule has 0 saturated carbocycles. The van der Waals surface area contributed by atoms with Gasteiger partial charge >= 0.3 is 0 Å². The van der Waals surface area contributed by atoms with E-state index in [9.17, 15) is 0 Å². The monoisotopic (exact) mass is 319 g/mol. The minimum absolute atomic E-state index is 0.416. The van der Waals surface area contributed by atoms with Gasteiger partial charge in [-0.25, -0.2) is 0 Å². The second-order valence-corrected chi connectivity index (χ2v) is 8.01. The SMILES string of the molecule is CC(C)Nc1ccccc1P(c1ccccc1)c1ccccc1. The predicted molar refractivity (Wildman–Crippen MR) is 104 cm³/mol. The first kappa shape index (κ1) is 15.8. The summed E-state index contributed by atoms with van der Waals surface area (Å²) in [5.74, 6) is 0. The summed E-state index contributed by atoms with van der Waals surface area (Å²) in [6.45, 7) is 4.37. The van der Waals surface area contributed by atoms with E-state index in [1.807, 2.05) is 0 Å². The van der Waals surface area contributed by atoms with E-state index in [-0.39, 0.29) is 0 Å². The first-order valence-electron chi connectivity index (χ1n) is 8.01. The van der Waals surface area contributed by atoms with Crippen LogP contribution >= 0.6 is 7.92 Å². The standard InChI is InChI=1S/C21H22NP/c1-17(2)22-20-15-9-10-16-21(20)23(18-11-5-3-6-12-18)19-13-7-4-8-14-19/h3-17,22H,1-2H3. The van der Waals surface area contributed by atoms with Crippen molar-refractivity contribution in [2.45, 2.75) is 19.9 Å². The van der Waals surface area contributed by atoms with Gasteiger partial charge in [-0.3, -0.25) is 0 Å². The quantitative estimate of drug-likeness (QED) is 0.693. The third-order valence-corrected chi connectivity index (χ3v) is 6.12. The molecule has 0 spiro atoms. The zero-order valence-electron chi connectivity index (χ0n) is 13.6. The maximum Gasteiger partial charge on any atom is 0.0426 e. The van der Waals surface area contributed by atoms with Crippen LogP contribution in [0.2, 0.25) is 0 Å². The molecule has 0 aliphatic carbocycles. The van der Waals surface area contributed by atoms with Gasteiger partial charge in [-0.2, -0.15) is 0 Å². The number of para-hydroxylation sites is 1. The van der Waals surface area contributed by atoms with Gasteiger partial charge in [0.05, 0.1) is 0 Å². The van der Waals surface area contributed by atoms with Crippen molar-refractivity contribution < 1.29 is 0 Å². The van der Waals surface area contributed by atoms with Crippen molar-refractivity contribution >= 4 is 29.5 Å². The molecule has 116 valence electrons. The summed E-state index contributed by atoms with van der Waals surface area (Å²) >= 11 is 0. The van der Waals surface area contributed by atoms with Crippen LogP contribution < -0.4 is 21.2 Å². The molecule has 0 aliphatic heterocycles. The number of benzene rings is 3. The highest BCUT2D eigenvalue weighted by Gasteiger charge is 2.19. The Hall–Kier alpha value is -2.11. The van der Waals surface area contributed by atoms with Crippen LogP contribution in [0.15, 0.2) is 84.9 Å². The molecule has 0 bridgehead atoms. The topological polar surface area (TPSA) is 12.0 Å². The molecule has 0 amide bonds. The van der Waals surface area contributed by atoms with Crippen LogP contribution in [0.1, 0.15) is 13.8 Å². The Morgan fingerprint density at radius 1 is 0.652 bits per heavy atom. The lowest BCUT2D eigenvalue weighted by molar-refractivity contribution is 0.901. The fourth-order valence-corrected chi connectivity index (χ4v) is 5.09. The van der Waals surface area contributed by atoms with Gasteiger partial charge < -0.3 is 5.32 Å². The molecular weight excluding hydrogens is 297 g/mol. The molecule has 2 heteroatoms. The van der Waals surface area contributed by atoms with Crippen molar-refractivity contribution in [2.75, 3.05) is 5.32 Å². The van der Waals surface area contributed by atoms with Crippen molar-refractivity contribution in [1.29, 1.82) is 0 Å². The Morgan fingerprint density at radius 2 is 1.13 bits per heavy atom. The fraction of sp³-hybridized carbons (Fsp3) is 0.143. The highest BCUT2D eigenvalue weighted by atomic mass is 31.1. The van der Waals surface area contributed by atoms with Crippen molar-refractivity contribution in [3.8, 4) is 0 Å². The third kappa shape index (κ3) is 3.81. The van der Waals surface area contributed by atoms with Crippen LogP contribution in [0, 0.1) is 0 Å². The molecule has 3 aromatic rings. The van der Waals surface area contributed by atoms with Crippen LogP contribution in [0.5, 0.6) is 0 Å². The van der Waals surface area contributed by atoms with Gasteiger partial charge in [0, 0.05) is 17.0 Å². The van der Waals surface area contributed by atoms with Gasteiger partial charge in [0.15, 0.2) is 0 Å². The van der Waals surface area contributed by atoms with Crippen molar-refractivity contribution in [2.24, 2.45) is 0 Å². The lowest BCUT2D eigenvalue weighted by Gasteiger charge is -2.23. The summed E-state index contributed by atoms with van der Waals surface area (Å²) in [5.41, 5.74) is 1.24. The number of anilines is 1. The van der Waals surface area contributed by atoms with E-state index < -0.39 is 7.92 Å². The number of hydrogen-bond acceptors (Lipinski definition) is 1. The molecule has 3 aromatic carbocycles. The van der Waals surface area contributed by atoms with Gasteiger partial charge in [0.2, 0.25) is 0 Å². The molecule has 0 atom stereocenters. The lowest BCUT2D eigenvalue weighted by Crippen LogP contribution is -2.24. The molecule has 3 rings (SSSR count). The van der Waals surface area contributed by atoms with Crippen molar-refractivity contribution in [3.05, 3.63) is 84.9 Å². The van der Waals surface area contributed by atoms with Gasteiger partial charge in [-0.1, -0.05) is 78.9 Å². The Bertz CT molecular complexity index is 699. The average molecular weight is 319 g/mol. The van der Waals surface area contributed by atoms with Gasteiger partial charge in [-0.05, 0) is 38.4 Å². The van der Waals surface area contributed by atoms with Crippen LogP contribution in [0.25, 0.3) is 0 Å². The molecule has 0 fully saturated rings. The average Bonchev–Trinajstić information content (AvgIpc) is 2.58. The van der Waals surface area contributed by atoms with Crippen LogP contribution in [-0.4, -0.2) is 6.04 Å². The van der Waals surface area contributed by atoms with Crippen molar-refractivity contribution in [3.63, 3.8) is 0 Å². The molecule has 1 N–H and O–H groups in total.